The second-order valence-corrected chi connectivity index (χ2v) is 7.43. The van der Waals surface area contributed by atoms with Crippen LogP contribution in [-0.4, -0.2) is 47.2 Å². The SMILES string of the molecule is COc1cc(/C=C/C2=[N+](CCC(=O)O)c3ccccc3C2(C)C)cc(OC)c1O. The number of nitrogens with zero attached hydrogens (tertiary/aromatic N) is 1. The number of allylic oxidation sites excluding steroid dienone is 1. The lowest BCUT2D eigenvalue weighted by Crippen LogP contribution is -2.28. The van der Waals surface area contributed by atoms with E-state index < -0.39 is 5.97 Å². The molecule has 0 saturated heterocycles. The van der Waals surface area contributed by atoms with Crippen LogP contribution in [0.3, 0.4) is 0 Å². The van der Waals surface area contributed by atoms with Crippen LogP contribution >= 0.6 is 0 Å². The van der Waals surface area contributed by atoms with E-state index in [9.17, 15) is 15.0 Å². The fourth-order valence-corrected chi connectivity index (χ4v) is 3.77. The van der Waals surface area contributed by atoms with E-state index >= 15 is 0 Å². The molecular formula is C23H26NO5+. The van der Waals surface area contributed by atoms with Crippen LogP contribution in [0.2, 0.25) is 0 Å². The molecule has 2 aromatic carbocycles. The average molecular weight is 396 g/mol. The monoisotopic (exact) mass is 396 g/mol. The van der Waals surface area contributed by atoms with Gasteiger partial charge in [-0.15, -0.1) is 0 Å². The number of phenols is 1. The predicted molar refractivity (Wildman–Crippen MR) is 112 cm³/mol. The fourth-order valence-electron chi connectivity index (χ4n) is 3.77. The molecule has 0 unspecified atom stereocenters. The molecule has 2 N–H and O–H groups in total. The van der Waals surface area contributed by atoms with Gasteiger partial charge in [0.2, 0.25) is 11.4 Å². The van der Waals surface area contributed by atoms with Crippen LogP contribution in [0.1, 0.15) is 31.4 Å². The molecule has 0 aromatic heterocycles. The maximum atomic E-state index is 11.2. The van der Waals surface area contributed by atoms with Gasteiger partial charge in [0.1, 0.15) is 6.42 Å². The molecule has 0 spiro atoms. The molecule has 0 bridgehead atoms. The summed E-state index contributed by atoms with van der Waals surface area (Å²) in [5, 5.41) is 19.3. The third kappa shape index (κ3) is 3.83. The van der Waals surface area contributed by atoms with Crippen LogP contribution in [0.15, 0.2) is 42.5 Å². The highest BCUT2D eigenvalue weighted by atomic mass is 16.5. The number of carbonyl (C=O) groups is 1. The number of aliphatic carboxylic acids is 1. The van der Waals surface area contributed by atoms with Crippen LogP contribution in [0.25, 0.3) is 6.08 Å². The maximum Gasteiger partial charge on any atom is 0.309 e. The van der Waals surface area contributed by atoms with E-state index in [1.54, 1.807) is 12.1 Å². The predicted octanol–water partition coefficient (Wildman–Crippen LogP) is 3.97. The van der Waals surface area contributed by atoms with E-state index in [-0.39, 0.29) is 17.6 Å². The molecule has 0 amide bonds. The fraction of sp³-hybridized carbons (Fsp3) is 0.304. The van der Waals surface area contributed by atoms with Gasteiger partial charge in [-0.1, -0.05) is 18.2 Å². The Bertz CT molecular complexity index is 979. The summed E-state index contributed by atoms with van der Waals surface area (Å²) in [4.78, 5) is 11.2. The van der Waals surface area contributed by atoms with E-state index in [4.69, 9.17) is 9.47 Å². The zero-order chi connectivity index (χ0) is 21.2. The molecule has 152 valence electrons. The van der Waals surface area contributed by atoms with Crippen molar-refractivity contribution in [3.63, 3.8) is 0 Å². The quantitative estimate of drug-likeness (QED) is 0.692. The zero-order valence-electron chi connectivity index (χ0n) is 17.1. The minimum absolute atomic E-state index is 0.0443. The lowest BCUT2D eigenvalue weighted by molar-refractivity contribution is -0.436. The lowest BCUT2D eigenvalue weighted by Gasteiger charge is -2.15. The molecule has 0 saturated carbocycles. The summed E-state index contributed by atoms with van der Waals surface area (Å²) in [6, 6.07) is 11.5. The Labute approximate surface area is 170 Å². The summed E-state index contributed by atoms with van der Waals surface area (Å²) in [6.07, 6.45) is 3.96. The highest BCUT2D eigenvalue weighted by Crippen LogP contribution is 2.41. The zero-order valence-corrected chi connectivity index (χ0v) is 17.1. The molecule has 6 heteroatoms. The third-order valence-corrected chi connectivity index (χ3v) is 5.28. The molecule has 0 atom stereocenters. The number of methoxy groups -OCH3 is 2. The molecular weight excluding hydrogens is 370 g/mol. The van der Waals surface area contributed by atoms with Crippen molar-refractivity contribution >= 4 is 23.4 Å². The van der Waals surface area contributed by atoms with Gasteiger partial charge in [-0.3, -0.25) is 4.79 Å². The number of aromatic hydroxyl groups is 1. The van der Waals surface area contributed by atoms with E-state index in [0.717, 1.165) is 22.5 Å². The molecule has 3 rings (SSSR count). The minimum atomic E-state index is -0.830. The molecule has 1 heterocycles. The van der Waals surface area contributed by atoms with Crippen molar-refractivity contribution < 1.29 is 29.1 Å². The first-order valence-corrected chi connectivity index (χ1v) is 9.39. The van der Waals surface area contributed by atoms with Crippen molar-refractivity contribution in [2.24, 2.45) is 0 Å². The molecule has 0 radical (unpaired) electrons. The van der Waals surface area contributed by atoms with Gasteiger partial charge in [-0.2, -0.15) is 4.58 Å². The number of benzene rings is 2. The molecule has 6 nitrogen and oxygen atoms in total. The van der Waals surface area contributed by atoms with E-state index in [2.05, 4.69) is 24.5 Å². The Morgan fingerprint density at radius 1 is 1.10 bits per heavy atom. The molecule has 1 aliphatic heterocycles. The van der Waals surface area contributed by atoms with Crippen molar-refractivity contribution in [3.8, 4) is 17.2 Å². The second kappa shape index (κ2) is 7.99. The molecule has 0 fully saturated rings. The van der Waals surface area contributed by atoms with E-state index in [1.807, 2.05) is 30.4 Å². The van der Waals surface area contributed by atoms with Crippen LogP contribution in [0, 0.1) is 0 Å². The van der Waals surface area contributed by atoms with Gasteiger partial charge in [0.25, 0.3) is 0 Å². The van der Waals surface area contributed by atoms with Gasteiger partial charge in [-0.05, 0) is 37.6 Å². The first kappa shape index (κ1) is 20.5. The van der Waals surface area contributed by atoms with Crippen molar-refractivity contribution in [2.45, 2.75) is 25.7 Å². The number of hydrogen-bond donors (Lipinski definition) is 2. The van der Waals surface area contributed by atoms with Gasteiger partial charge in [0, 0.05) is 17.7 Å². The number of hydrogen-bond acceptors (Lipinski definition) is 4. The summed E-state index contributed by atoms with van der Waals surface area (Å²) in [5.74, 6) is -0.226. The largest absolute Gasteiger partial charge is 0.502 e. The lowest BCUT2D eigenvalue weighted by atomic mass is 9.81. The van der Waals surface area contributed by atoms with Crippen LogP contribution < -0.4 is 9.47 Å². The summed E-state index contributed by atoms with van der Waals surface area (Å²) in [7, 11) is 2.97. The number of phenolic OH excluding ortho intramolecular Hbond substituents is 1. The van der Waals surface area contributed by atoms with Gasteiger partial charge < -0.3 is 19.7 Å². The molecule has 0 aliphatic carbocycles. The van der Waals surface area contributed by atoms with Crippen molar-refractivity contribution in [3.05, 3.63) is 53.6 Å². The Balaban J connectivity index is 2.07. The summed E-state index contributed by atoms with van der Waals surface area (Å²) < 4.78 is 12.5. The van der Waals surface area contributed by atoms with E-state index in [0.29, 0.717) is 18.0 Å². The minimum Gasteiger partial charge on any atom is -0.502 e. The van der Waals surface area contributed by atoms with Crippen LogP contribution in [-0.2, 0) is 10.2 Å². The van der Waals surface area contributed by atoms with Gasteiger partial charge >= 0.3 is 5.97 Å². The van der Waals surface area contributed by atoms with Crippen molar-refractivity contribution in [1.29, 1.82) is 0 Å². The highest BCUT2D eigenvalue weighted by molar-refractivity contribution is 6.05. The van der Waals surface area contributed by atoms with Gasteiger partial charge in [-0.25, -0.2) is 0 Å². The number of fused-ring (bicyclic) bond motifs is 1. The standard InChI is InChI=1S/C23H25NO5/c1-23(2)16-7-5-6-8-17(16)24(12-11-21(25)26)20(23)10-9-15-13-18(28-3)22(27)19(14-15)29-4/h5-10,13-14H,11-12H2,1-4H3,(H,25,26)/p+1. The smallest absolute Gasteiger partial charge is 0.309 e. The molecule has 29 heavy (non-hydrogen) atoms. The number of ether oxygens (including phenoxy) is 2. The molecule has 1 aliphatic rings. The van der Waals surface area contributed by atoms with Crippen molar-refractivity contribution in [1.82, 2.24) is 0 Å². The van der Waals surface area contributed by atoms with E-state index in [1.165, 1.54) is 14.2 Å². The Morgan fingerprint density at radius 2 is 1.72 bits per heavy atom. The summed E-state index contributed by atoms with van der Waals surface area (Å²) >= 11 is 0. The molecule has 2 aromatic rings. The maximum absolute atomic E-state index is 11.2. The highest BCUT2D eigenvalue weighted by Gasteiger charge is 2.44. The van der Waals surface area contributed by atoms with Crippen LogP contribution in [0.5, 0.6) is 17.2 Å². The first-order chi connectivity index (χ1) is 13.8. The average Bonchev–Trinajstić information content (AvgIpc) is 2.92. The third-order valence-electron chi connectivity index (χ3n) is 5.28. The van der Waals surface area contributed by atoms with Crippen LogP contribution in [0.4, 0.5) is 5.69 Å². The van der Waals surface area contributed by atoms with Gasteiger partial charge in [0.15, 0.2) is 23.8 Å². The Kier molecular flexibility index (Phi) is 5.64. The number of carboxylic acid groups (broad SMARTS) is 1. The second-order valence-electron chi connectivity index (χ2n) is 7.43. The number of para-hydroxylation sites is 1. The Morgan fingerprint density at radius 3 is 2.31 bits per heavy atom. The van der Waals surface area contributed by atoms with Gasteiger partial charge in [0.05, 0.1) is 19.6 Å². The Hall–Kier alpha value is -3.28. The topological polar surface area (TPSA) is 79.0 Å². The first-order valence-electron chi connectivity index (χ1n) is 9.39. The van der Waals surface area contributed by atoms with Crippen molar-refractivity contribution in [2.75, 3.05) is 20.8 Å². The normalized spacial score (nSPS) is 14.9. The summed E-state index contributed by atoms with van der Waals surface area (Å²) in [6.45, 7) is 4.65. The number of rotatable bonds is 7. The number of carboxylic acids is 1. The summed E-state index contributed by atoms with van der Waals surface area (Å²) in [5.41, 5.74) is 3.71.